The fourth-order valence-electron chi connectivity index (χ4n) is 4.21. The number of likely N-dealkylation sites (tertiary alicyclic amines) is 1. The Morgan fingerprint density at radius 2 is 1.92 bits per heavy atom. The molecule has 138 valence electrons. The van der Waals surface area contributed by atoms with E-state index in [-0.39, 0.29) is 10.6 Å². The van der Waals surface area contributed by atoms with Crippen molar-refractivity contribution in [1.82, 2.24) is 15.1 Å². The molecule has 7 nitrogen and oxygen atoms in total. The van der Waals surface area contributed by atoms with Crippen molar-refractivity contribution < 1.29 is 4.92 Å². The first-order chi connectivity index (χ1) is 12.7. The summed E-state index contributed by atoms with van der Waals surface area (Å²) in [5.41, 5.74) is 2.60. The van der Waals surface area contributed by atoms with Crippen LogP contribution in [0.2, 0.25) is 0 Å². The Hall–Kier alpha value is -2.41. The molecule has 2 aliphatic rings. The molecular formula is C19H25N5O2. The molecule has 0 saturated carbocycles. The van der Waals surface area contributed by atoms with Gasteiger partial charge in [-0.05, 0) is 56.3 Å². The molecule has 3 heterocycles. The number of nitrogens with zero attached hydrogens (tertiary/aromatic N) is 4. The van der Waals surface area contributed by atoms with Crippen LogP contribution in [0.15, 0.2) is 30.6 Å². The lowest BCUT2D eigenvalue weighted by molar-refractivity contribution is -0.384. The second-order valence-corrected chi connectivity index (χ2v) is 7.39. The SMILES string of the molecule is O=[N+]([O-])c1cc(-c2cn[nH]c2)ccc1N1CCC(CN2CCCC2)CC1. The van der Waals surface area contributed by atoms with E-state index in [0.717, 1.165) is 42.7 Å². The van der Waals surface area contributed by atoms with Crippen molar-refractivity contribution >= 4 is 11.4 Å². The maximum atomic E-state index is 11.6. The van der Waals surface area contributed by atoms with Gasteiger partial charge in [0.05, 0.1) is 11.1 Å². The quantitative estimate of drug-likeness (QED) is 0.658. The van der Waals surface area contributed by atoms with Crippen molar-refractivity contribution in [3.63, 3.8) is 0 Å². The number of nitro benzene ring substituents is 1. The van der Waals surface area contributed by atoms with Crippen LogP contribution in [-0.4, -0.2) is 52.7 Å². The number of hydrogen-bond acceptors (Lipinski definition) is 5. The molecule has 4 rings (SSSR count). The second kappa shape index (κ2) is 7.45. The standard InChI is InChI=1S/C19H25N5O2/c25-24(26)19-11-16(17-12-20-21-13-17)3-4-18(19)23-9-5-15(6-10-23)14-22-7-1-2-8-22/h3-4,11-13,15H,1-2,5-10,14H2,(H,20,21). The Balaban J connectivity index is 1.46. The van der Waals surface area contributed by atoms with E-state index in [1.807, 2.05) is 12.1 Å². The maximum Gasteiger partial charge on any atom is 0.293 e. The zero-order valence-corrected chi connectivity index (χ0v) is 14.9. The van der Waals surface area contributed by atoms with Crippen LogP contribution in [0.3, 0.4) is 0 Å². The first-order valence-electron chi connectivity index (χ1n) is 9.45. The van der Waals surface area contributed by atoms with Gasteiger partial charge in [-0.1, -0.05) is 6.07 Å². The Morgan fingerprint density at radius 1 is 1.15 bits per heavy atom. The highest BCUT2D eigenvalue weighted by molar-refractivity contribution is 5.73. The van der Waals surface area contributed by atoms with Crippen molar-refractivity contribution in [3.8, 4) is 11.1 Å². The average molecular weight is 355 g/mol. The van der Waals surface area contributed by atoms with Gasteiger partial charge in [-0.2, -0.15) is 5.10 Å². The van der Waals surface area contributed by atoms with E-state index >= 15 is 0 Å². The van der Waals surface area contributed by atoms with Crippen molar-refractivity contribution in [3.05, 3.63) is 40.7 Å². The number of H-pyrrole nitrogens is 1. The van der Waals surface area contributed by atoms with Gasteiger partial charge in [0.25, 0.3) is 5.69 Å². The fraction of sp³-hybridized carbons (Fsp3) is 0.526. The highest BCUT2D eigenvalue weighted by atomic mass is 16.6. The van der Waals surface area contributed by atoms with Gasteiger partial charge < -0.3 is 9.80 Å². The van der Waals surface area contributed by atoms with E-state index in [4.69, 9.17) is 0 Å². The van der Waals surface area contributed by atoms with Crippen LogP contribution in [0.4, 0.5) is 11.4 Å². The summed E-state index contributed by atoms with van der Waals surface area (Å²) in [7, 11) is 0. The van der Waals surface area contributed by atoms with Crippen LogP contribution in [-0.2, 0) is 0 Å². The third kappa shape index (κ3) is 3.58. The van der Waals surface area contributed by atoms with Crippen LogP contribution in [0.1, 0.15) is 25.7 Å². The summed E-state index contributed by atoms with van der Waals surface area (Å²) in [6.45, 7) is 5.45. The molecule has 0 bridgehead atoms. The number of aromatic amines is 1. The molecule has 1 aromatic carbocycles. The Labute approximate surface area is 153 Å². The predicted molar refractivity (Wildman–Crippen MR) is 101 cm³/mol. The smallest absolute Gasteiger partial charge is 0.293 e. The number of aromatic nitrogens is 2. The number of anilines is 1. The normalized spacial score (nSPS) is 19.2. The molecular weight excluding hydrogens is 330 g/mol. The lowest BCUT2D eigenvalue weighted by Crippen LogP contribution is -2.38. The van der Waals surface area contributed by atoms with Crippen molar-refractivity contribution in [2.24, 2.45) is 5.92 Å². The van der Waals surface area contributed by atoms with E-state index in [2.05, 4.69) is 20.0 Å². The van der Waals surface area contributed by atoms with Gasteiger partial charge in [-0.15, -0.1) is 0 Å². The Kier molecular flexibility index (Phi) is 4.88. The maximum absolute atomic E-state index is 11.6. The van der Waals surface area contributed by atoms with E-state index in [1.54, 1.807) is 18.5 Å². The summed E-state index contributed by atoms with van der Waals surface area (Å²) in [4.78, 5) is 16.1. The third-order valence-corrected chi connectivity index (χ3v) is 5.67. The van der Waals surface area contributed by atoms with Crippen molar-refractivity contribution in [2.45, 2.75) is 25.7 Å². The largest absolute Gasteiger partial charge is 0.366 e. The van der Waals surface area contributed by atoms with Crippen LogP contribution < -0.4 is 4.90 Å². The van der Waals surface area contributed by atoms with Crippen LogP contribution >= 0.6 is 0 Å². The first kappa shape index (κ1) is 17.0. The van der Waals surface area contributed by atoms with Crippen molar-refractivity contribution in [1.29, 1.82) is 0 Å². The number of benzene rings is 1. The molecule has 0 amide bonds. The van der Waals surface area contributed by atoms with Crippen molar-refractivity contribution in [2.75, 3.05) is 37.6 Å². The summed E-state index contributed by atoms with van der Waals surface area (Å²) < 4.78 is 0. The molecule has 2 aromatic rings. The molecule has 0 unspecified atom stereocenters. The topological polar surface area (TPSA) is 78.3 Å². The molecule has 2 fully saturated rings. The fourth-order valence-corrected chi connectivity index (χ4v) is 4.21. The minimum atomic E-state index is -0.269. The number of nitrogens with one attached hydrogen (secondary N) is 1. The monoisotopic (exact) mass is 355 g/mol. The van der Waals surface area contributed by atoms with Gasteiger partial charge in [0.1, 0.15) is 5.69 Å². The van der Waals surface area contributed by atoms with E-state index in [0.29, 0.717) is 5.92 Å². The molecule has 1 aromatic heterocycles. The molecule has 26 heavy (non-hydrogen) atoms. The average Bonchev–Trinajstić information content (AvgIpc) is 3.36. The molecule has 2 saturated heterocycles. The molecule has 0 atom stereocenters. The molecule has 2 aliphatic heterocycles. The summed E-state index contributed by atoms with van der Waals surface area (Å²) in [6.07, 6.45) is 8.31. The zero-order valence-electron chi connectivity index (χ0n) is 14.9. The lowest BCUT2D eigenvalue weighted by atomic mass is 9.95. The minimum absolute atomic E-state index is 0.182. The van der Waals surface area contributed by atoms with Gasteiger partial charge >= 0.3 is 0 Å². The first-order valence-corrected chi connectivity index (χ1v) is 9.45. The number of piperidine rings is 1. The van der Waals surface area contributed by atoms with E-state index < -0.39 is 0 Å². The van der Waals surface area contributed by atoms with Crippen LogP contribution in [0.25, 0.3) is 11.1 Å². The Bertz CT molecular complexity index is 747. The zero-order chi connectivity index (χ0) is 17.9. The van der Waals surface area contributed by atoms with Gasteiger partial charge in [-0.25, -0.2) is 0 Å². The minimum Gasteiger partial charge on any atom is -0.366 e. The number of nitro groups is 1. The molecule has 0 spiro atoms. The summed E-state index contributed by atoms with van der Waals surface area (Å²) in [6, 6.07) is 5.50. The third-order valence-electron chi connectivity index (χ3n) is 5.67. The highest BCUT2D eigenvalue weighted by Crippen LogP contribution is 2.35. The van der Waals surface area contributed by atoms with Gasteiger partial charge in [0.2, 0.25) is 0 Å². The molecule has 7 heteroatoms. The summed E-state index contributed by atoms with van der Waals surface area (Å²) in [5, 5.41) is 18.3. The van der Waals surface area contributed by atoms with Gasteiger partial charge in [-0.3, -0.25) is 15.2 Å². The lowest BCUT2D eigenvalue weighted by Gasteiger charge is -2.35. The van der Waals surface area contributed by atoms with Gasteiger partial charge in [0.15, 0.2) is 0 Å². The predicted octanol–water partition coefficient (Wildman–Crippen LogP) is 3.30. The molecule has 0 aliphatic carbocycles. The van der Waals surface area contributed by atoms with E-state index in [1.165, 1.54) is 32.5 Å². The highest BCUT2D eigenvalue weighted by Gasteiger charge is 2.27. The summed E-state index contributed by atoms with van der Waals surface area (Å²) >= 11 is 0. The van der Waals surface area contributed by atoms with Gasteiger partial charge in [0, 0.05) is 37.5 Å². The van der Waals surface area contributed by atoms with Crippen LogP contribution in [0, 0.1) is 16.0 Å². The Morgan fingerprint density at radius 3 is 2.58 bits per heavy atom. The molecule has 0 radical (unpaired) electrons. The summed E-state index contributed by atoms with van der Waals surface area (Å²) in [5.74, 6) is 0.716. The van der Waals surface area contributed by atoms with E-state index in [9.17, 15) is 10.1 Å². The second-order valence-electron chi connectivity index (χ2n) is 7.39. The molecule has 1 N–H and O–H groups in total. The van der Waals surface area contributed by atoms with Crippen LogP contribution in [0.5, 0.6) is 0 Å². The number of rotatable bonds is 5. The number of hydrogen-bond donors (Lipinski definition) is 1.